The Labute approximate surface area is 186 Å². The number of aliphatic hydroxyl groups is 2. The van der Waals surface area contributed by atoms with Crippen LogP contribution in [0.3, 0.4) is 0 Å². The van der Waals surface area contributed by atoms with Crippen molar-refractivity contribution in [3.8, 4) is 0 Å². The smallest absolute Gasteiger partial charge is 0.390 e. The van der Waals surface area contributed by atoms with E-state index in [2.05, 4.69) is 4.52 Å². The van der Waals surface area contributed by atoms with Gasteiger partial charge in [-0.05, 0) is 56.6 Å². The van der Waals surface area contributed by atoms with Crippen LogP contribution in [0.15, 0.2) is 23.8 Å². The second-order valence-corrected chi connectivity index (χ2v) is 11.7. The lowest BCUT2D eigenvalue weighted by Crippen LogP contribution is -2.69. The Balaban J connectivity index is 1.73. The van der Waals surface area contributed by atoms with E-state index >= 15 is 4.39 Å². The number of allylic oxidation sites excluding steroid dienone is 4. The summed E-state index contributed by atoms with van der Waals surface area (Å²) in [5, 5.41) is 22.9. The number of fused-ring (bicyclic) bond motifs is 5. The summed E-state index contributed by atoms with van der Waals surface area (Å²) < 4.78 is 21.5. The lowest BCUT2D eigenvalue weighted by Gasteiger charge is -2.62. The monoisotopic (exact) mass is 473 g/mol. The van der Waals surface area contributed by atoms with Gasteiger partial charge in [-0.15, -0.1) is 4.52 Å². The molecule has 4 rings (SSSR count). The first-order chi connectivity index (χ1) is 14.6. The predicted octanol–water partition coefficient (Wildman–Crippen LogP) is 1.57. The molecule has 8 nitrogen and oxygen atoms in total. The highest BCUT2D eigenvalue weighted by atomic mass is 31.2. The number of ketones is 2. The summed E-state index contributed by atoms with van der Waals surface area (Å²) in [6.45, 7) is 4.10. The molecule has 178 valence electrons. The molecule has 0 aromatic carbocycles. The minimum Gasteiger partial charge on any atom is -0.390 e. The van der Waals surface area contributed by atoms with Crippen molar-refractivity contribution in [3.63, 3.8) is 0 Å². The average Bonchev–Trinajstić information content (AvgIpc) is 2.89. The maximum atomic E-state index is 17.0. The Kier molecular flexibility index (Phi) is 5.43. The Bertz CT molecular complexity index is 914. The molecule has 0 heterocycles. The number of alkyl halides is 1. The Morgan fingerprint density at radius 1 is 1.28 bits per heavy atom. The summed E-state index contributed by atoms with van der Waals surface area (Å²) in [5.41, 5.74) is -5.81. The van der Waals surface area contributed by atoms with Crippen molar-refractivity contribution in [1.82, 2.24) is 0 Å². The number of Topliss-reactive ketones (excluding diaryl/α,β-unsaturated/α-hetero) is 1. The molecule has 3 saturated carbocycles. The topological polar surface area (TPSA) is 145 Å². The highest BCUT2D eigenvalue weighted by Gasteiger charge is 2.75. The molecule has 0 unspecified atom stereocenters. The lowest BCUT2D eigenvalue weighted by atomic mass is 9.44. The molecule has 4 aliphatic carbocycles. The van der Waals surface area contributed by atoms with E-state index < -0.39 is 66.5 Å². The van der Waals surface area contributed by atoms with Gasteiger partial charge in [-0.3, -0.25) is 9.59 Å². The van der Waals surface area contributed by atoms with Gasteiger partial charge in [0.15, 0.2) is 23.8 Å². The van der Waals surface area contributed by atoms with Crippen LogP contribution in [0.5, 0.6) is 0 Å². The zero-order chi connectivity index (χ0) is 23.9. The van der Waals surface area contributed by atoms with Crippen LogP contribution in [0.1, 0.15) is 46.5 Å². The van der Waals surface area contributed by atoms with Crippen LogP contribution in [0.25, 0.3) is 0 Å². The van der Waals surface area contributed by atoms with Crippen molar-refractivity contribution in [2.45, 2.75) is 63.8 Å². The summed E-state index contributed by atoms with van der Waals surface area (Å²) in [6, 6.07) is 0. The van der Waals surface area contributed by atoms with Gasteiger partial charge in [-0.1, -0.05) is 25.5 Å². The van der Waals surface area contributed by atoms with Crippen molar-refractivity contribution >= 4 is 19.7 Å². The molecule has 8 atom stereocenters. The van der Waals surface area contributed by atoms with E-state index in [9.17, 15) is 19.8 Å². The summed E-state index contributed by atoms with van der Waals surface area (Å²) in [6.07, 6.45) is 3.78. The van der Waals surface area contributed by atoms with Crippen LogP contribution in [-0.2, 0) is 14.1 Å². The fourth-order valence-corrected chi connectivity index (χ4v) is 7.69. The maximum Gasteiger partial charge on any atom is 0.567 e. The summed E-state index contributed by atoms with van der Waals surface area (Å²) in [7, 11) is -4.68. The molecule has 0 amide bonds. The normalized spacial score (nSPS) is 48.0. The largest absolute Gasteiger partial charge is 0.567 e. The van der Waals surface area contributed by atoms with Crippen LogP contribution in [0.4, 0.5) is 4.39 Å². The van der Waals surface area contributed by atoms with Crippen molar-refractivity contribution in [2.75, 3.05) is 6.61 Å². The molecule has 32 heavy (non-hydrogen) atoms. The Hall–Kier alpha value is -1.06. The maximum absolute atomic E-state index is 17.0. The van der Waals surface area contributed by atoms with Crippen LogP contribution in [0.2, 0.25) is 0 Å². The summed E-state index contributed by atoms with van der Waals surface area (Å²) in [4.78, 5) is 52.2. The van der Waals surface area contributed by atoms with E-state index in [0.717, 1.165) is 0 Å². The first kappa shape index (κ1) is 24.1. The van der Waals surface area contributed by atoms with Gasteiger partial charge in [0.2, 0.25) is 0 Å². The molecular weight excluding hydrogens is 442 g/mol. The molecule has 3 fully saturated rings. The number of hydrogen-bond donors (Lipinski definition) is 5. The molecule has 4 aliphatic rings. The van der Waals surface area contributed by atoms with Crippen molar-refractivity contribution in [3.05, 3.63) is 23.8 Å². The fourth-order valence-electron chi connectivity index (χ4n) is 7.40. The van der Waals surface area contributed by atoms with Crippen molar-refractivity contribution in [2.24, 2.45) is 28.6 Å². The van der Waals surface area contributed by atoms with Gasteiger partial charge >= 0.3 is 8.17 Å². The molecule has 0 spiro atoms. The van der Waals surface area contributed by atoms with Gasteiger partial charge in [0.1, 0.15) is 5.60 Å². The third-order valence-electron chi connectivity index (χ3n) is 9.02. The van der Waals surface area contributed by atoms with E-state index in [1.807, 2.05) is 0 Å². The number of rotatable bonds is 4. The standard InChI is InChI=1S/C22H31FO8P/c1-12-8-16-15-5-4-13-9-14(24)6-7-19(13,2)21(15,23)17(25)10-20(16,3)22(12,27)18(26)11-31-32(28,29)30/h6-7,9,12,15-17,25,27-30H,4-5,8,10-11H2,1-3H3/q+1/t12-,15+,16+,17+,19+,20+,21+,22+/m1/s1. The number of aliphatic hydroxyl groups excluding tert-OH is 1. The SMILES string of the molecule is C[C@@H]1C[C@H]2[C@@H]3CCC4=CC(=O)C=C[C@]4(C)[C@@]3(F)[C@@H](O)C[C@]2(C)[C@@]1(O)C(=O)CO[P+](O)(O)O. The van der Waals surface area contributed by atoms with E-state index in [1.54, 1.807) is 26.8 Å². The van der Waals surface area contributed by atoms with Gasteiger partial charge in [0, 0.05) is 16.7 Å². The van der Waals surface area contributed by atoms with Crippen LogP contribution >= 0.6 is 8.17 Å². The summed E-state index contributed by atoms with van der Waals surface area (Å²) >= 11 is 0. The molecule has 0 aromatic heterocycles. The van der Waals surface area contributed by atoms with E-state index in [0.29, 0.717) is 24.8 Å². The molecule has 0 aliphatic heterocycles. The van der Waals surface area contributed by atoms with Crippen molar-refractivity contribution in [1.29, 1.82) is 0 Å². The molecule has 0 bridgehead atoms. The van der Waals surface area contributed by atoms with E-state index in [-0.39, 0.29) is 12.2 Å². The first-order valence-corrected chi connectivity index (χ1v) is 12.5. The highest BCUT2D eigenvalue weighted by molar-refractivity contribution is 7.53. The molecule has 5 N–H and O–H groups in total. The fraction of sp³-hybridized carbons (Fsp3) is 0.727. The first-order valence-electron chi connectivity index (χ1n) is 10.9. The third-order valence-corrected chi connectivity index (χ3v) is 9.49. The molecule has 0 radical (unpaired) electrons. The number of carbonyl (C=O) groups excluding carboxylic acids is 2. The van der Waals surface area contributed by atoms with Gasteiger partial charge < -0.3 is 10.2 Å². The zero-order valence-electron chi connectivity index (χ0n) is 18.4. The molecule has 10 heteroatoms. The number of halogens is 1. The minimum atomic E-state index is -4.68. The van der Waals surface area contributed by atoms with Gasteiger partial charge in [0.25, 0.3) is 0 Å². The average molecular weight is 473 g/mol. The quantitative estimate of drug-likeness (QED) is 0.387. The Morgan fingerprint density at radius 2 is 1.94 bits per heavy atom. The van der Waals surface area contributed by atoms with Crippen LogP contribution in [-0.4, -0.2) is 60.4 Å². The zero-order valence-corrected chi connectivity index (χ0v) is 19.3. The summed E-state index contributed by atoms with van der Waals surface area (Å²) in [5.74, 6) is -2.77. The van der Waals surface area contributed by atoms with Gasteiger partial charge in [-0.25, -0.2) is 4.39 Å². The van der Waals surface area contributed by atoms with E-state index in [1.165, 1.54) is 12.2 Å². The van der Waals surface area contributed by atoms with Gasteiger partial charge in [-0.2, -0.15) is 14.7 Å². The second-order valence-electron chi connectivity index (χ2n) is 10.4. The minimum absolute atomic E-state index is 0.195. The van der Waals surface area contributed by atoms with E-state index in [4.69, 9.17) is 14.7 Å². The van der Waals surface area contributed by atoms with Crippen LogP contribution < -0.4 is 0 Å². The predicted molar refractivity (Wildman–Crippen MR) is 112 cm³/mol. The number of hydrogen-bond acceptors (Lipinski definition) is 8. The van der Waals surface area contributed by atoms with Crippen LogP contribution in [0, 0.1) is 28.6 Å². The Morgan fingerprint density at radius 3 is 2.56 bits per heavy atom. The lowest BCUT2D eigenvalue weighted by molar-refractivity contribution is -0.219. The molecule has 0 aromatic rings. The highest BCUT2D eigenvalue weighted by Crippen LogP contribution is 2.70. The van der Waals surface area contributed by atoms with Gasteiger partial charge in [0.05, 0.1) is 6.10 Å². The molecular formula is C22H31FO8P+. The second kappa shape index (κ2) is 7.22. The number of carbonyl (C=O) groups is 2. The molecule has 0 saturated heterocycles. The third kappa shape index (κ3) is 2.99. The van der Waals surface area contributed by atoms with Crippen molar-refractivity contribution < 1.29 is 43.4 Å².